The van der Waals surface area contributed by atoms with Gasteiger partial charge in [0.2, 0.25) is 0 Å². The number of hydrogen-bond acceptors (Lipinski definition) is 1. The SMILES string of the molecule is CC.Cc1ccc2nn(C)cc2c1. The molecule has 0 saturated heterocycles. The molecule has 0 spiro atoms. The fourth-order valence-corrected chi connectivity index (χ4v) is 1.27. The number of nitrogens with zero attached hydrogens (tertiary/aromatic N) is 2. The largest absolute Gasteiger partial charge is 0.275 e. The summed E-state index contributed by atoms with van der Waals surface area (Å²) in [4.78, 5) is 0. The third-order valence-electron chi connectivity index (χ3n) is 1.77. The normalized spacial score (nSPS) is 9.54. The van der Waals surface area contributed by atoms with Gasteiger partial charge in [0, 0.05) is 18.6 Å². The van der Waals surface area contributed by atoms with Crippen LogP contribution in [0.4, 0.5) is 0 Å². The molecule has 0 amide bonds. The quantitative estimate of drug-likeness (QED) is 0.603. The molecule has 0 aliphatic heterocycles. The second-order valence-electron chi connectivity index (χ2n) is 2.87. The van der Waals surface area contributed by atoms with Crippen LogP contribution >= 0.6 is 0 Å². The van der Waals surface area contributed by atoms with E-state index in [-0.39, 0.29) is 0 Å². The zero-order valence-electron chi connectivity index (χ0n) is 8.70. The van der Waals surface area contributed by atoms with E-state index < -0.39 is 0 Å². The number of aromatic nitrogens is 2. The van der Waals surface area contributed by atoms with Crippen LogP contribution in [-0.4, -0.2) is 9.78 Å². The first-order chi connectivity index (χ1) is 6.25. The predicted octanol–water partition coefficient (Wildman–Crippen LogP) is 2.91. The fourth-order valence-electron chi connectivity index (χ4n) is 1.27. The van der Waals surface area contributed by atoms with Crippen LogP contribution in [0, 0.1) is 6.92 Å². The van der Waals surface area contributed by atoms with Crippen molar-refractivity contribution in [1.29, 1.82) is 0 Å². The number of benzene rings is 1. The Bertz CT molecular complexity index is 388. The molecule has 0 radical (unpaired) electrons. The summed E-state index contributed by atoms with van der Waals surface area (Å²) in [7, 11) is 1.94. The van der Waals surface area contributed by atoms with Crippen molar-refractivity contribution in [2.24, 2.45) is 7.05 Å². The lowest BCUT2D eigenvalue weighted by atomic mass is 10.2. The van der Waals surface area contributed by atoms with E-state index >= 15 is 0 Å². The number of fused-ring (bicyclic) bond motifs is 1. The van der Waals surface area contributed by atoms with E-state index in [2.05, 4.69) is 24.2 Å². The van der Waals surface area contributed by atoms with Crippen molar-refractivity contribution in [3.63, 3.8) is 0 Å². The number of hydrogen-bond donors (Lipinski definition) is 0. The van der Waals surface area contributed by atoms with Gasteiger partial charge in [-0.1, -0.05) is 25.5 Å². The molecule has 0 fully saturated rings. The van der Waals surface area contributed by atoms with Crippen molar-refractivity contribution in [1.82, 2.24) is 9.78 Å². The zero-order chi connectivity index (χ0) is 9.84. The van der Waals surface area contributed by atoms with Gasteiger partial charge in [-0.2, -0.15) is 5.10 Å². The maximum absolute atomic E-state index is 4.27. The Balaban J connectivity index is 0.000000396. The Labute approximate surface area is 79.2 Å². The van der Waals surface area contributed by atoms with Gasteiger partial charge in [0.1, 0.15) is 0 Å². The first-order valence-corrected chi connectivity index (χ1v) is 4.66. The fraction of sp³-hybridized carbons (Fsp3) is 0.364. The molecule has 0 saturated carbocycles. The number of rotatable bonds is 0. The summed E-state index contributed by atoms with van der Waals surface area (Å²) >= 11 is 0. The van der Waals surface area contributed by atoms with Crippen LogP contribution < -0.4 is 0 Å². The zero-order valence-corrected chi connectivity index (χ0v) is 8.70. The molecule has 13 heavy (non-hydrogen) atoms. The molecule has 0 bridgehead atoms. The summed E-state index contributed by atoms with van der Waals surface area (Å²) in [5.41, 5.74) is 2.35. The molecule has 2 nitrogen and oxygen atoms in total. The van der Waals surface area contributed by atoms with Crippen molar-refractivity contribution in [3.8, 4) is 0 Å². The molecular formula is C11H16N2. The standard InChI is InChI=1S/C9H10N2.C2H6/c1-7-3-4-9-8(5-7)6-11(2)10-9;1-2/h3-6H,1-2H3;1-2H3. The first kappa shape index (κ1) is 9.78. The van der Waals surface area contributed by atoms with E-state index in [9.17, 15) is 0 Å². The molecule has 1 aromatic heterocycles. The van der Waals surface area contributed by atoms with Crippen molar-refractivity contribution < 1.29 is 0 Å². The smallest absolute Gasteiger partial charge is 0.0923 e. The lowest BCUT2D eigenvalue weighted by Gasteiger charge is -1.88. The first-order valence-electron chi connectivity index (χ1n) is 4.66. The minimum atomic E-state index is 1.07. The summed E-state index contributed by atoms with van der Waals surface area (Å²) in [5.74, 6) is 0. The molecule has 0 N–H and O–H groups in total. The van der Waals surface area contributed by atoms with Gasteiger partial charge < -0.3 is 0 Å². The van der Waals surface area contributed by atoms with Gasteiger partial charge in [0.05, 0.1) is 5.52 Å². The monoisotopic (exact) mass is 176 g/mol. The van der Waals surface area contributed by atoms with Gasteiger partial charge in [0.15, 0.2) is 0 Å². The molecule has 70 valence electrons. The van der Waals surface area contributed by atoms with Crippen molar-refractivity contribution in [2.45, 2.75) is 20.8 Å². The van der Waals surface area contributed by atoms with Crippen molar-refractivity contribution in [3.05, 3.63) is 30.0 Å². The average molecular weight is 176 g/mol. The van der Waals surface area contributed by atoms with E-state index in [4.69, 9.17) is 0 Å². The Morgan fingerprint density at radius 1 is 1.23 bits per heavy atom. The predicted molar refractivity (Wildman–Crippen MR) is 56.8 cm³/mol. The van der Waals surface area contributed by atoms with Crippen LogP contribution in [0.5, 0.6) is 0 Å². The van der Waals surface area contributed by atoms with Crippen LogP contribution in [0.15, 0.2) is 24.4 Å². The molecular weight excluding hydrogens is 160 g/mol. The highest BCUT2D eigenvalue weighted by Gasteiger charge is 1.95. The van der Waals surface area contributed by atoms with Gasteiger partial charge in [-0.3, -0.25) is 4.68 Å². The highest BCUT2D eigenvalue weighted by atomic mass is 15.2. The molecule has 0 aliphatic carbocycles. The average Bonchev–Trinajstić information content (AvgIpc) is 2.48. The van der Waals surface area contributed by atoms with Crippen LogP contribution in [0.1, 0.15) is 19.4 Å². The molecule has 0 atom stereocenters. The third kappa shape index (κ3) is 2.08. The highest BCUT2D eigenvalue weighted by molar-refractivity contribution is 5.78. The molecule has 2 rings (SSSR count). The summed E-state index contributed by atoms with van der Waals surface area (Å²) in [6.45, 7) is 6.09. The Kier molecular flexibility index (Phi) is 3.07. The number of aryl methyl sites for hydroxylation is 2. The van der Waals surface area contributed by atoms with E-state index in [1.54, 1.807) is 0 Å². The molecule has 2 heteroatoms. The van der Waals surface area contributed by atoms with Crippen molar-refractivity contribution in [2.75, 3.05) is 0 Å². The van der Waals surface area contributed by atoms with Gasteiger partial charge in [0.25, 0.3) is 0 Å². The van der Waals surface area contributed by atoms with Gasteiger partial charge in [-0.25, -0.2) is 0 Å². The minimum Gasteiger partial charge on any atom is -0.275 e. The Morgan fingerprint density at radius 2 is 1.92 bits per heavy atom. The van der Waals surface area contributed by atoms with Crippen LogP contribution in [0.3, 0.4) is 0 Å². The summed E-state index contributed by atoms with van der Waals surface area (Å²) < 4.78 is 1.84. The second kappa shape index (κ2) is 4.08. The second-order valence-corrected chi connectivity index (χ2v) is 2.87. The maximum atomic E-state index is 4.27. The third-order valence-corrected chi connectivity index (χ3v) is 1.77. The molecule has 2 aromatic rings. The topological polar surface area (TPSA) is 17.8 Å². The van der Waals surface area contributed by atoms with E-state index in [1.165, 1.54) is 10.9 Å². The molecule has 1 aromatic carbocycles. The van der Waals surface area contributed by atoms with E-state index in [0.29, 0.717) is 0 Å². The molecule has 1 heterocycles. The van der Waals surface area contributed by atoms with Gasteiger partial charge in [-0.05, 0) is 19.1 Å². The Morgan fingerprint density at radius 3 is 2.62 bits per heavy atom. The Hall–Kier alpha value is -1.31. The van der Waals surface area contributed by atoms with E-state index in [1.807, 2.05) is 37.8 Å². The van der Waals surface area contributed by atoms with E-state index in [0.717, 1.165) is 5.52 Å². The molecule has 0 unspecified atom stereocenters. The highest BCUT2D eigenvalue weighted by Crippen LogP contribution is 2.12. The van der Waals surface area contributed by atoms with Crippen molar-refractivity contribution >= 4 is 10.9 Å². The van der Waals surface area contributed by atoms with Crippen LogP contribution in [0.2, 0.25) is 0 Å². The van der Waals surface area contributed by atoms with Crippen LogP contribution in [-0.2, 0) is 7.05 Å². The summed E-state index contributed by atoms with van der Waals surface area (Å²) in [5, 5.41) is 5.49. The maximum Gasteiger partial charge on any atom is 0.0923 e. The lowest BCUT2D eigenvalue weighted by molar-refractivity contribution is 0.780. The summed E-state index contributed by atoms with van der Waals surface area (Å²) in [6, 6.07) is 6.27. The van der Waals surface area contributed by atoms with Crippen LogP contribution in [0.25, 0.3) is 10.9 Å². The lowest BCUT2D eigenvalue weighted by Crippen LogP contribution is -1.84. The molecule has 0 aliphatic rings. The minimum absolute atomic E-state index is 1.07. The van der Waals surface area contributed by atoms with Gasteiger partial charge >= 0.3 is 0 Å². The van der Waals surface area contributed by atoms with Gasteiger partial charge in [-0.15, -0.1) is 0 Å². The summed E-state index contributed by atoms with van der Waals surface area (Å²) in [6.07, 6.45) is 2.03.